The smallest absolute Gasteiger partial charge is 0.225 e. The molecule has 0 unspecified atom stereocenters. The summed E-state index contributed by atoms with van der Waals surface area (Å²) >= 11 is 0. The van der Waals surface area contributed by atoms with Crippen molar-refractivity contribution < 1.29 is 14.3 Å². The monoisotopic (exact) mass is 299 g/mol. The van der Waals surface area contributed by atoms with Crippen LogP contribution in [0.3, 0.4) is 0 Å². The van der Waals surface area contributed by atoms with Crippen molar-refractivity contribution in [3.05, 3.63) is 23.9 Å². The summed E-state index contributed by atoms with van der Waals surface area (Å²) in [6.07, 6.45) is 3.85. The highest BCUT2D eigenvalue weighted by atomic mass is 16.5. The molecule has 0 spiro atoms. The number of carbonyl (C=O) groups excluding carboxylic acids is 2. The predicted octanol–water partition coefficient (Wildman–Crippen LogP) is 1.30. The number of rotatable bonds is 3. The van der Waals surface area contributed by atoms with Gasteiger partial charge in [-0.15, -0.1) is 0 Å². The van der Waals surface area contributed by atoms with E-state index >= 15 is 0 Å². The van der Waals surface area contributed by atoms with E-state index in [1.165, 1.54) is 6.20 Å². The molecule has 1 saturated heterocycles. The molecule has 114 valence electrons. The average Bonchev–Trinajstić information content (AvgIpc) is 2.51. The summed E-state index contributed by atoms with van der Waals surface area (Å²) in [5.74, 6) is 0.793. The highest BCUT2D eigenvalue weighted by Crippen LogP contribution is 2.26. The fourth-order valence-corrected chi connectivity index (χ4v) is 2.85. The fraction of sp³-hybridized carbons (Fsp3) is 0.500. The van der Waals surface area contributed by atoms with Gasteiger partial charge in [-0.2, -0.15) is 5.26 Å². The number of hydrogen-bond acceptors (Lipinski definition) is 5. The number of amides is 1. The quantitative estimate of drug-likeness (QED) is 0.840. The van der Waals surface area contributed by atoms with Gasteiger partial charge in [0.15, 0.2) is 0 Å². The third-order valence-electron chi connectivity index (χ3n) is 4.20. The number of Topliss-reactive ketones (excluding diaryl/α,β-unsaturated/α-hetero) is 1. The highest BCUT2D eigenvalue weighted by molar-refractivity contribution is 5.85. The van der Waals surface area contributed by atoms with Crippen LogP contribution in [0.2, 0.25) is 0 Å². The summed E-state index contributed by atoms with van der Waals surface area (Å²) in [7, 11) is 0. The number of aromatic nitrogens is 1. The van der Waals surface area contributed by atoms with E-state index in [2.05, 4.69) is 4.98 Å². The second-order valence-electron chi connectivity index (χ2n) is 5.79. The van der Waals surface area contributed by atoms with Crippen LogP contribution < -0.4 is 4.74 Å². The van der Waals surface area contributed by atoms with Gasteiger partial charge in [-0.3, -0.25) is 9.59 Å². The Morgan fingerprint density at radius 1 is 1.36 bits per heavy atom. The molecule has 2 fully saturated rings. The SMILES string of the molecule is N#Cc1ccnc(OC2CN(C(=O)C3CCC(=O)CC3)C2)c1. The third-order valence-corrected chi connectivity index (χ3v) is 4.20. The van der Waals surface area contributed by atoms with Crippen LogP contribution in [0.5, 0.6) is 5.88 Å². The standard InChI is InChI=1S/C16H17N3O3/c17-8-11-5-6-18-15(7-11)22-14-9-19(10-14)16(21)12-1-3-13(20)4-2-12/h5-7,12,14H,1-4,9-10H2. The van der Waals surface area contributed by atoms with Crippen LogP contribution in [-0.2, 0) is 9.59 Å². The van der Waals surface area contributed by atoms with Crippen LogP contribution in [0.25, 0.3) is 0 Å². The van der Waals surface area contributed by atoms with Crippen molar-refractivity contribution in [2.24, 2.45) is 5.92 Å². The topological polar surface area (TPSA) is 83.3 Å². The molecule has 1 amide bonds. The predicted molar refractivity (Wildman–Crippen MR) is 76.9 cm³/mol. The van der Waals surface area contributed by atoms with E-state index in [1.54, 1.807) is 17.0 Å². The first-order valence-electron chi connectivity index (χ1n) is 7.49. The number of ether oxygens (including phenoxy) is 1. The Morgan fingerprint density at radius 3 is 2.77 bits per heavy atom. The molecule has 1 aromatic heterocycles. The number of likely N-dealkylation sites (tertiary alicyclic amines) is 1. The minimum atomic E-state index is -0.0735. The summed E-state index contributed by atoms with van der Waals surface area (Å²) in [6, 6.07) is 5.25. The van der Waals surface area contributed by atoms with E-state index in [9.17, 15) is 9.59 Å². The van der Waals surface area contributed by atoms with Crippen molar-refractivity contribution in [3.8, 4) is 11.9 Å². The average molecular weight is 299 g/mol. The summed E-state index contributed by atoms with van der Waals surface area (Å²) in [4.78, 5) is 29.3. The van der Waals surface area contributed by atoms with E-state index < -0.39 is 0 Å². The molecule has 22 heavy (non-hydrogen) atoms. The molecule has 0 bridgehead atoms. The highest BCUT2D eigenvalue weighted by Gasteiger charge is 2.37. The Kier molecular flexibility index (Phi) is 4.05. The van der Waals surface area contributed by atoms with Gasteiger partial charge in [-0.05, 0) is 18.9 Å². The maximum atomic E-state index is 12.3. The Labute approximate surface area is 128 Å². The molecule has 3 rings (SSSR count). The molecule has 6 heteroatoms. The number of carbonyl (C=O) groups is 2. The molecular formula is C16H17N3O3. The number of ketones is 1. The maximum Gasteiger partial charge on any atom is 0.225 e. The molecule has 2 heterocycles. The Morgan fingerprint density at radius 2 is 2.09 bits per heavy atom. The van der Waals surface area contributed by atoms with Crippen LogP contribution in [0.4, 0.5) is 0 Å². The molecule has 1 aliphatic heterocycles. The van der Waals surface area contributed by atoms with E-state index in [0.717, 1.165) is 0 Å². The zero-order chi connectivity index (χ0) is 15.5. The van der Waals surface area contributed by atoms with Crippen LogP contribution in [0.1, 0.15) is 31.2 Å². The first-order chi connectivity index (χ1) is 10.7. The zero-order valence-corrected chi connectivity index (χ0v) is 12.2. The van der Waals surface area contributed by atoms with Gasteiger partial charge in [0.2, 0.25) is 11.8 Å². The molecule has 6 nitrogen and oxygen atoms in total. The van der Waals surface area contributed by atoms with Crippen LogP contribution >= 0.6 is 0 Å². The van der Waals surface area contributed by atoms with Gasteiger partial charge in [0, 0.05) is 31.0 Å². The molecule has 0 aromatic carbocycles. The third kappa shape index (κ3) is 3.08. The van der Waals surface area contributed by atoms with Gasteiger partial charge in [-0.25, -0.2) is 4.98 Å². The summed E-state index contributed by atoms with van der Waals surface area (Å²) in [5.41, 5.74) is 0.504. The van der Waals surface area contributed by atoms with E-state index in [4.69, 9.17) is 10.00 Å². The fourth-order valence-electron chi connectivity index (χ4n) is 2.85. The minimum absolute atomic E-state index is 0.0151. The van der Waals surface area contributed by atoms with E-state index in [1.807, 2.05) is 6.07 Å². The number of nitrogens with zero attached hydrogens (tertiary/aromatic N) is 3. The second-order valence-corrected chi connectivity index (χ2v) is 5.79. The number of pyridine rings is 1. The van der Waals surface area contributed by atoms with E-state index in [-0.39, 0.29) is 23.7 Å². The van der Waals surface area contributed by atoms with Gasteiger partial charge >= 0.3 is 0 Å². The Hall–Kier alpha value is -2.42. The van der Waals surface area contributed by atoms with Crippen LogP contribution in [-0.4, -0.2) is 40.8 Å². The van der Waals surface area contributed by atoms with Crippen molar-refractivity contribution in [1.29, 1.82) is 5.26 Å². The van der Waals surface area contributed by atoms with Gasteiger partial charge in [0.1, 0.15) is 11.9 Å². The van der Waals surface area contributed by atoms with Crippen molar-refractivity contribution in [1.82, 2.24) is 9.88 Å². The Bertz CT molecular complexity index is 622. The van der Waals surface area contributed by atoms with Crippen molar-refractivity contribution in [3.63, 3.8) is 0 Å². The molecule has 1 aromatic rings. The molecule has 0 atom stereocenters. The Balaban J connectivity index is 1.48. The number of nitriles is 1. The maximum absolute atomic E-state index is 12.3. The van der Waals surface area contributed by atoms with Gasteiger partial charge in [0.25, 0.3) is 0 Å². The van der Waals surface area contributed by atoms with Crippen molar-refractivity contribution in [2.75, 3.05) is 13.1 Å². The van der Waals surface area contributed by atoms with Crippen molar-refractivity contribution in [2.45, 2.75) is 31.8 Å². The summed E-state index contributed by atoms with van der Waals surface area (Å²) in [6.45, 7) is 1.09. The molecular weight excluding hydrogens is 282 g/mol. The lowest BCUT2D eigenvalue weighted by Gasteiger charge is -2.40. The van der Waals surface area contributed by atoms with Crippen LogP contribution in [0, 0.1) is 17.2 Å². The normalized spacial score (nSPS) is 19.4. The lowest BCUT2D eigenvalue weighted by Crippen LogP contribution is -2.57. The summed E-state index contributed by atoms with van der Waals surface area (Å²) < 4.78 is 5.67. The molecule has 1 saturated carbocycles. The number of hydrogen-bond donors (Lipinski definition) is 0. The first-order valence-corrected chi connectivity index (χ1v) is 7.49. The van der Waals surface area contributed by atoms with Crippen LogP contribution in [0.15, 0.2) is 18.3 Å². The molecule has 0 radical (unpaired) electrons. The summed E-state index contributed by atoms with van der Waals surface area (Å²) in [5, 5.41) is 8.83. The largest absolute Gasteiger partial charge is 0.471 e. The van der Waals surface area contributed by atoms with Gasteiger partial charge in [0.05, 0.1) is 24.7 Å². The lowest BCUT2D eigenvalue weighted by molar-refractivity contribution is -0.146. The lowest BCUT2D eigenvalue weighted by atomic mass is 9.86. The second kappa shape index (κ2) is 6.14. The van der Waals surface area contributed by atoms with Gasteiger partial charge < -0.3 is 9.64 Å². The van der Waals surface area contributed by atoms with Crippen molar-refractivity contribution >= 4 is 11.7 Å². The van der Waals surface area contributed by atoms with E-state index in [0.29, 0.717) is 50.2 Å². The molecule has 2 aliphatic rings. The van der Waals surface area contributed by atoms with Gasteiger partial charge in [-0.1, -0.05) is 0 Å². The molecule has 0 N–H and O–H groups in total. The zero-order valence-electron chi connectivity index (χ0n) is 12.2. The minimum Gasteiger partial charge on any atom is -0.471 e. The first kappa shape index (κ1) is 14.5. The molecule has 1 aliphatic carbocycles.